The molecule has 0 aliphatic carbocycles. The second-order valence-corrected chi connectivity index (χ2v) is 12.1. The summed E-state index contributed by atoms with van der Waals surface area (Å²) in [5, 5.41) is 7.34. The maximum absolute atomic E-state index is 15.1. The quantitative estimate of drug-likeness (QED) is 0.146. The number of carbonyl (C=O) groups is 1. The molecular formula is C37H41FN8O4. The van der Waals surface area contributed by atoms with Gasteiger partial charge in [-0.15, -0.1) is 0 Å². The van der Waals surface area contributed by atoms with Crippen molar-refractivity contribution < 1.29 is 23.4 Å². The smallest absolute Gasteiger partial charge is 0.425 e. The highest BCUT2D eigenvalue weighted by molar-refractivity contribution is 5.98. The Balaban J connectivity index is 1.22. The molecular weight excluding hydrogens is 639 g/mol. The molecule has 1 aliphatic heterocycles. The third kappa shape index (κ3) is 8.18. The van der Waals surface area contributed by atoms with Gasteiger partial charge in [-0.05, 0) is 68.8 Å². The molecule has 0 radical (unpaired) electrons. The molecule has 1 aliphatic rings. The number of piperazine rings is 1. The molecule has 0 saturated carbocycles. The van der Waals surface area contributed by atoms with Crippen molar-refractivity contribution in [1.29, 1.82) is 0 Å². The number of amides is 1. The average molecular weight is 681 g/mol. The predicted octanol–water partition coefficient (Wildman–Crippen LogP) is 6.52. The monoisotopic (exact) mass is 680 g/mol. The van der Waals surface area contributed by atoms with Crippen LogP contribution in [-0.2, 0) is 0 Å². The van der Waals surface area contributed by atoms with Crippen molar-refractivity contribution >= 4 is 29.2 Å². The van der Waals surface area contributed by atoms with Crippen LogP contribution in [-0.4, -0.2) is 89.1 Å². The Morgan fingerprint density at radius 3 is 2.48 bits per heavy atom. The van der Waals surface area contributed by atoms with Crippen molar-refractivity contribution in [1.82, 2.24) is 29.5 Å². The van der Waals surface area contributed by atoms with E-state index in [9.17, 15) is 4.79 Å². The Bertz CT molecular complexity index is 1890. The summed E-state index contributed by atoms with van der Waals surface area (Å²) < 4.78 is 34.3. The number of anilines is 4. The molecule has 0 bridgehead atoms. The molecule has 13 heteroatoms. The SMILES string of the molecule is COc1cc(-n2cccn2)ccc1N(C(=O)Oc1c(C)cccc1C)c1ccnc(Nc2ccc(OCCCN3CCN(C)CC3)c(F)c2)n1. The number of halogens is 1. The van der Waals surface area contributed by atoms with Crippen molar-refractivity contribution in [3.05, 3.63) is 102 Å². The van der Waals surface area contributed by atoms with Crippen LogP contribution in [0.3, 0.4) is 0 Å². The number of hydrogen-bond donors (Lipinski definition) is 1. The Hall–Kier alpha value is -5.53. The molecule has 0 unspecified atom stereocenters. The number of rotatable bonds is 12. The zero-order valence-corrected chi connectivity index (χ0v) is 28.7. The topological polar surface area (TPSA) is 110 Å². The molecule has 50 heavy (non-hydrogen) atoms. The van der Waals surface area contributed by atoms with E-state index < -0.39 is 11.9 Å². The fourth-order valence-electron chi connectivity index (χ4n) is 5.72. The van der Waals surface area contributed by atoms with Crippen molar-refractivity contribution in [3.8, 4) is 22.9 Å². The van der Waals surface area contributed by atoms with Gasteiger partial charge in [0, 0.05) is 75.2 Å². The van der Waals surface area contributed by atoms with E-state index >= 15 is 4.39 Å². The number of carbonyl (C=O) groups excluding carboxylic acids is 1. The summed E-state index contributed by atoms with van der Waals surface area (Å²) in [6, 6.07) is 18.9. The van der Waals surface area contributed by atoms with E-state index in [1.165, 1.54) is 24.3 Å². The Morgan fingerprint density at radius 1 is 0.960 bits per heavy atom. The van der Waals surface area contributed by atoms with Gasteiger partial charge in [0.15, 0.2) is 11.6 Å². The van der Waals surface area contributed by atoms with Crippen LogP contribution in [0.1, 0.15) is 17.5 Å². The first-order valence-electron chi connectivity index (χ1n) is 16.5. The maximum atomic E-state index is 15.1. The van der Waals surface area contributed by atoms with E-state index in [0.29, 0.717) is 29.5 Å². The van der Waals surface area contributed by atoms with E-state index in [1.54, 1.807) is 47.4 Å². The standard InChI is InChI=1S/C37H41FN8O4/c1-26-8-5-9-27(2)35(26)50-37(47)46(31-12-11-29(25-33(31)48-4)45-18-6-15-40-45)34-14-16-39-36(42-34)41-28-10-13-32(30(38)24-28)49-23-7-17-44-21-19-43(3)20-22-44/h5-6,8-16,18,24-25H,7,17,19-23H2,1-4H3,(H,39,41,42). The van der Waals surface area contributed by atoms with E-state index in [0.717, 1.165) is 56.0 Å². The van der Waals surface area contributed by atoms with Gasteiger partial charge < -0.3 is 29.3 Å². The van der Waals surface area contributed by atoms with Crippen LogP contribution >= 0.6 is 0 Å². The lowest BCUT2D eigenvalue weighted by Gasteiger charge is -2.32. The number of ether oxygens (including phenoxy) is 3. The van der Waals surface area contributed by atoms with Crippen molar-refractivity contribution in [3.63, 3.8) is 0 Å². The Kier molecular flexibility index (Phi) is 10.8. The molecule has 1 fully saturated rings. The first-order chi connectivity index (χ1) is 24.3. The fourth-order valence-corrected chi connectivity index (χ4v) is 5.72. The van der Waals surface area contributed by atoms with Crippen LogP contribution in [0.2, 0.25) is 0 Å². The molecule has 0 atom stereocenters. The molecule has 2 aromatic heterocycles. The van der Waals surface area contributed by atoms with Gasteiger partial charge in [0.1, 0.15) is 17.3 Å². The number of aryl methyl sites for hydroxylation is 2. The number of hydrogen-bond acceptors (Lipinski definition) is 10. The molecule has 1 saturated heterocycles. The lowest BCUT2D eigenvalue weighted by molar-refractivity contribution is 0.145. The zero-order chi connectivity index (χ0) is 35.0. The number of nitrogens with one attached hydrogen (secondary N) is 1. The van der Waals surface area contributed by atoms with Gasteiger partial charge in [0.05, 0.1) is 25.1 Å². The number of para-hydroxylation sites is 1. The fraction of sp³-hybridized carbons (Fsp3) is 0.297. The molecule has 0 spiro atoms. The molecule has 12 nitrogen and oxygen atoms in total. The highest BCUT2D eigenvalue weighted by atomic mass is 19.1. The Labute approximate surface area is 291 Å². The summed E-state index contributed by atoms with van der Waals surface area (Å²) in [5.41, 5.74) is 3.12. The van der Waals surface area contributed by atoms with Crippen LogP contribution in [0.15, 0.2) is 85.3 Å². The van der Waals surface area contributed by atoms with Crippen molar-refractivity contribution in [2.24, 2.45) is 0 Å². The molecule has 5 aromatic rings. The number of aromatic nitrogens is 4. The van der Waals surface area contributed by atoms with Gasteiger partial charge in [-0.25, -0.2) is 23.8 Å². The highest BCUT2D eigenvalue weighted by Crippen LogP contribution is 2.36. The van der Waals surface area contributed by atoms with Crippen LogP contribution in [0, 0.1) is 19.7 Å². The van der Waals surface area contributed by atoms with Crippen LogP contribution < -0.4 is 24.4 Å². The van der Waals surface area contributed by atoms with Gasteiger partial charge in [-0.1, -0.05) is 18.2 Å². The average Bonchev–Trinajstić information content (AvgIpc) is 3.66. The summed E-state index contributed by atoms with van der Waals surface area (Å²) in [6.45, 7) is 9.25. The van der Waals surface area contributed by atoms with Crippen molar-refractivity contribution in [2.45, 2.75) is 20.3 Å². The first-order valence-corrected chi connectivity index (χ1v) is 16.5. The maximum Gasteiger partial charge on any atom is 0.425 e. The number of methoxy groups -OCH3 is 1. The number of benzene rings is 3. The largest absolute Gasteiger partial charge is 0.494 e. The molecule has 1 amide bonds. The normalized spacial score (nSPS) is 13.5. The summed E-state index contributed by atoms with van der Waals surface area (Å²) in [7, 11) is 3.65. The summed E-state index contributed by atoms with van der Waals surface area (Å²) in [6.07, 6.45) is 5.08. The first kappa shape index (κ1) is 34.3. The number of nitrogens with zero attached hydrogens (tertiary/aromatic N) is 7. The molecule has 260 valence electrons. The second-order valence-electron chi connectivity index (χ2n) is 12.1. The minimum atomic E-state index is -0.711. The second kappa shape index (κ2) is 15.8. The highest BCUT2D eigenvalue weighted by Gasteiger charge is 2.27. The minimum absolute atomic E-state index is 0.139. The van der Waals surface area contributed by atoms with Crippen molar-refractivity contribution in [2.75, 3.05) is 63.7 Å². The van der Waals surface area contributed by atoms with E-state index in [-0.39, 0.29) is 17.5 Å². The third-order valence-corrected chi connectivity index (χ3v) is 8.48. The molecule has 1 N–H and O–H groups in total. The molecule has 3 aromatic carbocycles. The molecule has 3 heterocycles. The van der Waals surface area contributed by atoms with Gasteiger partial charge in [0.2, 0.25) is 5.95 Å². The van der Waals surface area contributed by atoms with E-state index in [2.05, 4.69) is 37.2 Å². The predicted molar refractivity (Wildman–Crippen MR) is 190 cm³/mol. The van der Waals surface area contributed by atoms with Crippen LogP contribution in [0.25, 0.3) is 5.69 Å². The summed E-state index contributed by atoms with van der Waals surface area (Å²) in [5.74, 6) is 0.829. The third-order valence-electron chi connectivity index (χ3n) is 8.48. The van der Waals surface area contributed by atoms with Gasteiger partial charge in [0.25, 0.3) is 0 Å². The van der Waals surface area contributed by atoms with Gasteiger partial charge >= 0.3 is 6.09 Å². The molecule has 6 rings (SSSR count). The van der Waals surface area contributed by atoms with Crippen LogP contribution in [0.4, 0.5) is 32.3 Å². The van der Waals surface area contributed by atoms with Gasteiger partial charge in [-0.2, -0.15) is 10.1 Å². The van der Waals surface area contributed by atoms with Gasteiger partial charge in [-0.3, -0.25) is 0 Å². The van der Waals surface area contributed by atoms with Crippen LogP contribution in [0.5, 0.6) is 17.2 Å². The van der Waals surface area contributed by atoms with E-state index in [1.807, 2.05) is 44.2 Å². The van der Waals surface area contributed by atoms with E-state index in [4.69, 9.17) is 14.2 Å². The minimum Gasteiger partial charge on any atom is -0.494 e. The Morgan fingerprint density at radius 2 is 1.76 bits per heavy atom. The lowest BCUT2D eigenvalue weighted by atomic mass is 10.1. The summed E-state index contributed by atoms with van der Waals surface area (Å²) in [4.78, 5) is 29.0. The zero-order valence-electron chi connectivity index (χ0n) is 28.7. The summed E-state index contributed by atoms with van der Waals surface area (Å²) >= 11 is 0. The lowest BCUT2D eigenvalue weighted by Crippen LogP contribution is -2.44. The number of likely N-dealkylation sites (N-methyl/N-ethyl adjacent to an activating group) is 1.